The lowest BCUT2D eigenvalue weighted by Crippen LogP contribution is -2.31. The van der Waals surface area contributed by atoms with Crippen LogP contribution in [0.4, 0.5) is 5.69 Å². The number of benzene rings is 3. The Kier molecular flexibility index (Phi) is 7.34. The third kappa shape index (κ3) is 4.93. The number of H-pyrrole nitrogens is 1. The fourth-order valence-corrected chi connectivity index (χ4v) is 5.14. The van der Waals surface area contributed by atoms with Crippen molar-refractivity contribution in [2.45, 2.75) is 12.5 Å². The number of hydrogen-bond donors (Lipinski definition) is 2. The van der Waals surface area contributed by atoms with E-state index >= 15 is 0 Å². The molecule has 1 aliphatic heterocycles. The number of non-ortho nitro benzene ring substituents is 1. The molecule has 1 saturated heterocycles. The van der Waals surface area contributed by atoms with Crippen LogP contribution in [0.2, 0.25) is 0 Å². The molecule has 0 radical (unpaired) electrons. The van der Waals surface area contributed by atoms with Gasteiger partial charge >= 0.3 is 0 Å². The van der Waals surface area contributed by atoms with Crippen molar-refractivity contribution >= 4 is 34.0 Å². The maximum Gasteiger partial charge on any atom is 0.295 e. The summed E-state index contributed by atoms with van der Waals surface area (Å²) in [6, 6.07) is 14.8. The van der Waals surface area contributed by atoms with E-state index in [1.54, 1.807) is 19.2 Å². The van der Waals surface area contributed by atoms with Crippen molar-refractivity contribution in [2.24, 2.45) is 0 Å². The van der Waals surface area contributed by atoms with Crippen LogP contribution in [0.3, 0.4) is 0 Å². The molecule has 0 spiro atoms. The predicted octanol–water partition coefficient (Wildman–Crippen LogP) is 4.77. The smallest absolute Gasteiger partial charge is 0.295 e. The molecule has 11 heteroatoms. The number of ketones is 1. The zero-order chi connectivity index (χ0) is 29.3. The van der Waals surface area contributed by atoms with Gasteiger partial charge in [0.05, 0.1) is 37.9 Å². The van der Waals surface area contributed by atoms with Crippen molar-refractivity contribution in [3.05, 3.63) is 99.2 Å². The van der Waals surface area contributed by atoms with Crippen molar-refractivity contribution in [2.75, 3.05) is 27.9 Å². The molecule has 2 N–H and O–H groups in total. The Hall–Kier alpha value is -5.32. The summed E-state index contributed by atoms with van der Waals surface area (Å²) in [5, 5.41) is 23.9. The van der Waals surface area contributed by atoms with Gasteiger partial charge in [-0.25, -0.2) is 0 Å². The second kappa shape index (κ2) is 11.0. The predicted molar refractivity (Wildman–Crippen MR) is 150 cm³/mol. The lowest BCUT2D eigenvalue weighted by atomic mass is 9.94. The number of Topliss-reactive ketones (excluding diaryl/α,β-unsaturated/α-hetero) is 1. The molecule has 210 valence electrons. The standard InChI is InChI=1S/C30H27N3O8/c1-39-21-8-9-23-22(15-21)19(16-31-23)11-12-32-27(17-5-4-6-20(13-17)33(37)38)26(29(35)30(32)36)28(34)18-7-10-24(40-2)25(14-18)41-3/h4-10,13-16,27,31,34H,11-12H2,1-3H3/b28-26-. The monoisotopic (exact) mass is 557 g/mol. The summed E-state index contributed by atoms with van der Waals surface area (Å²) in [7, 11) is 4.48. The summed E-state index contributed by atoms with van der Waals surface area (Å²) in [5.41, 5.74) is 1.93. The molecule has 0 aliphatic carbocycles. The number of hydrogen-bond acceptors (Lipinski definition) is 8. The number of ether oxygens (including phenoxy) is 3. The number of amides is 1. The maximum absolute atomic E-state index is 13.4. The van der Waals surface area contributed by atoms with E-state index in [9.17, 15) is 24.8 Å². The van der Waals surface area contributed by atoms with E-state index in [4.69, 9.17) is 14.2 Å². The molecular formula is C30H27N3O8. The van der Waals surface area contributed by atoms with Crippen LogP contribution in [0.25, 0.3) is 16.7 Å². The molecule has 4 aromatic rings. The number of carbonyl (C=O) groups is 2. The van der Waals surface area contributed by atoms with Crippen LogP contribution < -0.4 is 14.2 Å². The number of likely N-dealkylation sites (tertiary alicyclic amines) is 1. The first-order valence-electron chi connectivity index (χ1n) is 12.7. The van der Waals surface area contributed by atoms with Gasteiger partial charge in [0.15, 0.2) is 11.5 Å². The molecule has 5 rings (SSSR count). The number of methoxy groups -OCH3 is 3. The van der Waals surface area contributed by atoms with Crippen LogP contribution in [0.1, 0.15) is 22.7 Å². The Morgan fingerprint density at radius 3 is 2.49 bits per heavy atom. The highest BCUT2D eigenvalue weighted by Crippen LogP contribution is 2.41. The van der Waals surface area contributed by atoms with Crippen LogP contribution in [-0.4, -0.2) is 59.5 Å². The highest BCUT2D eigenvalue weighted by atomic mass is 16.6. The number of aliphatic hydroxyl groups is 1. The molecule has 1 aliphatic rings. The number of nitro benzene ring substituents is 1. The molecule has 3 aromatic carbocycles. The number of nitrogens with one attached hydrogen (secondary N) is 1. The topological polar surface area (TPSA) is 144 Å². The van der Waals surface area contributed by atoms with Crippen molar-refractivity contribution in [3.8, 4) is 17.2 Å². The first-order chi connectivity index (χ1) is 19.8. The van der Waals surface area contributed by atoms with E-state index < -0.39 is 28.4 Å². The molecule has 0 bridgehead atoms. The molecule has 2 heterocycles. The largest absolute Gasteiger partial charge is 0.507 e. The summed E-state index contributed by atoms with van der Waals surface area (Å²) >= 11 is 0. The normalized spacial score (nSPS) is 16.3. The SMILES string of the molecule is COc1ccc2[nH]cc(CCN3C(=O)C(=O)/C(=C(\O)c4ccc(OC)c(OC)c4)C3c3cccc([N+](=O)[O-])c3)c2c1. The van der Waals surface area contributed by atoms with Crippen LogP contribution in [-0.2, 0) is 16.0 Å². The van der Waals surface area contributed by atoms with Gasteiger partial charge in [-0.1, -0.05) is 12.1 Å². The van der Waals surface area contributed by atoms with Crippen LogP contribution in [0.15, 0.2) is 72.4 Å². The van der Waals surface area contributed by atoms with Gasteiger partial charge in [-0.15, -0.1) is 0 Å². The summed E-state index contributed by atoms with van der Waals surface area (Å²) in [4.78, 5) is 42.4. The van der Waals surface area contributed by atoms with Crippen LogP contribution in [0.5, 0.6) is 17.2 Å². The van der Waals surface area contributed by atoms with E-state index in [1.807, 2.05) is 24.4 Å². The third-order valence-corrected chi connectivity index (χ3v) is 7.19. The average Bonchev–Trinajstić information content (AvgIpc) is 3.52. The Balaban J connectivity index is 1.60. The number of fused-ring (bicyclic) bond motifs is 1. The van der Waals surface area contributed by atoms with Crippen LogP contribution in [0, 0.1) is 10.1 Å². The summed E-state index contributed by atoms with van der Waals surface area (Å²) in [6.45, 7) is 0.102. The highest BCUT2D eigenvalue weighted by Gasteiger charge is 2.46. The highest BCUT2D eigenvalue weighted by molar-refractivity contribution is 6.46. The van der Waals surface area contributed by atoms with Gasteiger partial charge in [0.2, 0.25) is 0 Å². The van der Waals surface area contributed by atoms with Crippen molar-refractivity contribution in [3.63, 3.8) is 0 Å². The lowest BCUT2D eigenvalue weighted by Gasteiger charge is -2.25. The van der Waals surface area contributed by atoms with Gasteiger partial charge in [-0.3, -0.25) is 19.7 Å². The fourth-order valence-electron chi connectivity index (χ4n) is 5.14. The zero-order valence-corrected chi connectivity index (χ0v) is 22.5. The van der Waals surface area contributed by atoms with Crippen molar-refractivity contribution < 1.29 is 33.8 Å². The maximum atomic E-state index is 13.4. The van der Waals surface area contributed by atoms with E-state index in [2.05, 4.69) is 4.98 Å². The molecule has 41 heavy (non-hydrogen) atoms. The number of rotatable bonds is 9. The minimum atomic E-state index is -1.07. The number of aliphatic hydroxyl groups excluding tert-OH is 1. The molecular weight excluding hydrogens is 530 g/mol. The van der Waals surface area contributed by atoms with Gasteiger partial charge in [-0.05, 0) is 53.9 Å². The van der Waals surface area contributed by atoms with Gasteiger partial charge < -0.3 is 29.2 Å². The van der Waals surface area contributed by atoms with E-state index in [0.29, 0.717) is 29.2 Å². The average molecular weight is 558 g/mol. The summed E-state index contributed by atoms with van der Waals surface area (Å²) in [5.74, 6) is -0.747. The molecule has 11 nitrogen and oxygen atoms in total. The first-order valence-corrected chi connectivity index (χ1v) is 12.7. The van der Waals surface area contributed by atoms with Gasteiger partial charge in [-0.2, -0.15) is 0 Å². The Morgan fingerprint density at radius 2 is 1.78 bits per heavy atom. The summed E-state index contributed by atoms with van der Waals surface area (Å²) < 4.78 is 15.9. The van der Waals surface area contributed by atoms with E-state index in [0.717, 1.165) is 16.5 Å². The first kappa shape index (κ1) is 27.3. The Bertz CT molecular complexity index is 1710. The Morgan fingerprint density at radius 1 is 1.00 bits per heavy atom. The second-order valence-electron chi connectivity index (χ2n) is 9.39. The molecule has 1 atom stereocenters. The number of nitrogens with zero attached hydrogens (tertiary/aromatic N) is 2. The lowest BCUT2D eigenvalue weighted by molar-refractivity contribution is -0.384. The minimum absolute atomic E-state index is 0.102. The molecule has 1 unspecified atom stereocenters. The minimum Gasteiger partial charge on any atom is -0.507 e. The van der Waals surface area contributed by atoms with Gasteiger partial charge in [0, 0.05) is 41.3 Å². The number of aromatic nitrogens is 1. The second-order valence-corrected chi connectivity index (χ2v) is 9.39. The van der Waals surface area contributed by atoms with Crippen LogP contribution >= 0.6 is 0 Å². The molecule has 1 amide bonds. The van der Waals surface area contributed by atoms with Gasteiger partial charge in [0.1, 0.15) is 11.5 Å². The number of aromatic amines is 1. The Labute approximate surface area is 234 Å². The van der Waals surface area contributed by atoms with Crippen molar-refractivity contribution in [1.82, 2.24) is 9.88 Å². The van der Waals surface area contributed by atoms with E-state index in [-0.39, 0.29) is 23.4 Å². The third-order valence-electron chi connectivity index (χ3n) is 7.19. The number of carbonyl (C=O) groups excluding carboxylic acids is 2. The fraction of sp³-hybridized carbons (Fsp3) is 0.200. The molecule has 1 fully saturated rings. The van der Waals surface area contributed by atoms with Gasteiger partial charge in [0.25, 0.3) is 17.4 Å². The van der Waals surface area contributed by atoms with E-state index in [1.165, 1.54) is 49.5 Å². The summed E-state index contributed by atoms with van der Waals surface area (Å²) in [6.07, 6.45) is 2.19. The van der Waals surface area contributed by atoms with Crippen molar-refractivity contribution in [1.29, 1.82) is 0 Å². The zero-order valence-electron chi connectivity index (χ0n) is 22.5. The number of nitro groups is 1. The molecule has 0 saturated carbocycles. The quantitative estimate of drug-likeness (QED) is 0.0985. The molecule has 1 aromatic heterocycles.